The number of ether oxygens (including phenoxy) is 1. The lowest BCUT2D eigenvalue weighted by Crippen LogP contribution is -2.36. The van der Waals surface area contributed by atoms with E-state index >= 15 is 0 Å². The number of carbonyl (C=O) groups excluding carboxylic acids is 1. The summed E-state index contributed by atoms with van der Waals surface area (Å²) in [5, 5.41) is 7.37. The molecule has 1 aliphatic rings. The van der Waals surface area contributed by atoms with Gasteiger partial charge in [-0.3, -0.25) is 9.59 Å². The van der Waals surface area contributed by atoms with Crippen molar-refractivity contribution < 1.29 is 9.53 Å². The number of rotatable bonds is 5. The van der Waals surface area contributed by atoms with Crippen LogP contribution in [0.1, 0.15) is 15.9 Å². The summed E-state index contributed by atoms with van der Waals surface area (Å²) in [6, 6.07) is 11.3. The molecule has 0 radical (unpaired) electrons. The minimum Gasteiger partial charge on any atom is -0.378 e. The van der Waals surface area contributed by atoms with Crippen molar-refractivity contribution in [2.45, 2.75) is 13.5 Å². The molecule has 5 rings (SSSR count). The molecule has 1 saturated heterocycles. The normalized spacial score (nSPS) is 14.3. The lowest BCUT2D eigenvalue weighted by molar-refractivity contribution is 0.0966. The first-order valence-electron chi connectivity index (χ1n) is 9.98. The largest absolute Gasteiger partial charge is 0.378 e. The molecule has 158 valence electrons. The van der Waals surface area contributed by atoms with Gasteiger partial charge >= 0.3 is 0 Å². The highest BCUT2D eigenvalue weighted by atomic mass is 32.1. The second-order valence-corrected chi connectivity index (χ2v) is 9.28. The van der Waals surface area contributed by atoms with Gasteiger partial charge in [-0.2, -0.15) is 5.10 Å². The van der Waals surface area contributed by atoms with Crippen LogP contribution in [0.3, 0.4) is 0 Å². The van der Waals surface area contributed by atoms with Crippen molar-refractivity contribution >= 4 is 43.8 Å². The second kappa shape index (κ2) is 8.33. The number of aromatic nitrogens is 3. The summed E-state index contributed by atoms with van der Waals surface area (Å²) >= 11 is 3.02. The zero-order chi connectivity index (χ0) is 21.4. The maximum absolute atomic E-state index is 13.2. The lowest BCUT2D eigenvalue weighted by Gasteiger charge is -2.25. The second-order valence-electron chi connectivity index (χ2n) is 7.35. The number of thiophene rings is 1. The Morgan fingerprint density at radius 1 is 1.16 bits per heavy atom. The Hall–Kier alpha value is -2.88. The van der Waals surface area contributed by atoms with Crippen LogP contribution in [0.4, 0.5) is 5.13 Å². The number of hydrogen-bond acceptors (Lipinski definition) is 8. The van der Waals surface area contributed by atoms with Crippen LogP contribution in [0.2, 0.25) is 0 Å². The molecular weight excluding hydrogens is 432 g/mol. The Morgan fingerprint density at radius 2 is 1.94 bits per heavy atom. The van der Waals surface area contributed by atoms with Crippen molar-refractivity contribution in [3.63, 3.8) is 0 Å². The topological polar surface area (TPSA) is 77.3 Å². The Morgan fingerprint density at radius 3 is 2.65 bits per heavy atom. The molecule has 0 atom stereocenters. The summed E-state index contributed by atoms with van der Waals surface area (Å²) in [4.78, 5) is 33.8. The number of benzene rings is 1. The SMILES string of the molecule is Cc1ccc(C(=O)Cn2nc(-c3cccs3)c3sc(N4CCOCC4)nc3c2=O)cc1. The molecule has 0 spiro atoms. The molecule has 3 aromatic heterocycles. The number of aryl methyl sites for hydroxylation is 1. The van der Waals surface area contributed by atoms with Gasteiger partial charge in [-0.1, -0.05) is 47.2 Å². The molecule has 31 heavy (non-hydrogen) atoms. The highest BCUT2D eigenvalue weighted by Crippen LogP contribution is 2.35. The summed E-state index contributed by atoms with van der Waals surface area (Å²) < 4.78 is 7.44. The van der Waals surface area contributed by atoms with Gasteiger partial charge in [0.25, 0.3) is 5.56 Å². The van der Waals surface area contributed by atoms with Crippen LogP contribution in [-0.4, -0.2) is 46.9 Å². The third-order valence-electron chi connectivity index (χ3n) is 5.19. The van der Waals surface area contributed by atoms with Crippen LogP contribution >= 0.6 is 22.7 Å². The molecule has 1 aliphatic heterocycles. The molecule has 7 nitrogen and oxygen atoms in total. The van der Waals surface area contributed by atoms with E-state index in [4.69, 9.17) is 4.74 Å². The number of anilines is 1. The fraction of sp³-hybridized carbons (Fsp3) is 0.273. The predicted octanol–water partition coefficient (Wildman–Crippen LogP) is 3.61. The monoisotopic (exact) mass is 452 g/mol. The first-order chi connectivity index (χ1) is 15.1. The number of Topliss-reactive ketones (excluding diaryl/α,β-unsaturated/α-hetero) is 1. The van der Waals surface area contributed by atoms with Gasteiger partial charge in [-0.15, -0.1) is 11.3 Å². The zero-order valence-corrected chi connectivity index (χ0v) is 18.5. The average Bonchev–Trinajstić information content (AvgIpc) is 3.47. The minimum absolute atomic E-state index is 0.124. The number of morpholine rings is 1. The van der Waals surface area contributed by atoms with Crippen molar-refractivity contribution in [3.05, 3.63) is 63.3 Å². The standard InChI is InChI=1S/C22H20N4O3S2/c1-14-4-6-15(7-5-14)16(27)13-26-21(28)19-20(18(24-26)17-3-2-12-30-17)31-22(23-19)25-8-10-29-11-9-25/h2-7,12H,8-11,13H2,1H3. The van der Waals surface area contributed by atoms with Crippen molar-refractivity contribution in [1.82, 2.24) is 14.8 Å². The summed E-state index contributed by atoms with van der Waals surface area (Å²) in [5.41, 5.74) is 2.35. The number of ketones is 1. The summed E-state index contributed by atoms with van der Waals surface area (Å²) in [6.45, 7) is 4.60. The molecule has 0 aliphatic carbocycles. The molecule has 4 aromatic rings. The van der Waals surface area contributed by atoms with Crippen LogP contribution in [0.15, 0.2) is 46.6 Å². The molecule has 9 heteroatoms. The van der Waals surface area contributed by atoms with Crippen LogP contribution in [0.5, 0.6) is 0 Å². The maximum Gasteiger partial charge on any atom is 0.294 e. The van der Waals surface area contributed by atoms with Crippen molar-refractivity contribution in [2.24, 2.45) is 0 Å². The smallest absolute Gasteiger partial charge is 0.294 e. The van der Waals surface area contributed by atoms with Gasteiger partial charge in [0, 0.05) is 18.7 Å². The van der Waals surface area contributed by atoms with Gasteiger partial charge in [-0.25, -0.2) is 9.67 Å². The van der Waals surface area contributed by atoms with Gasteiger partial charge < -0.3 is 9.64 Å². The maximum atomic E-state index is 13.2. The number of carbonyl (C=O) groups is 1. The number of nitrogens with zero attached hydrogens (tertiary/aromatic N) is 4. The molecule has 0 saturated carbocycles. The van der Waals surface area contributed by atoms with E-state index in [1.54, 1.807) is 23.5 Å². The predicted molar refractivity (Wildman–Crippen MR) is 124 cm³/mol. The molecule has 1 fully saturated rings. The third-order valence-corrected chi connectivity index (χ3v) is 7.19. The Bertz CT molecular complexity index is 1290. The van der Waals surface area contributed by atoms with E-state index in [2.05, 4.69) is 15.0 Å². The van der Waals surface area contributed by atoms with E-state index < -0.39 is 0 Å². The highest BCUT2D eigenvalue weighted by Gasteiger charge is 2.22. The van der Waals surface area contributed by atoms with Crippen molar-refractivity contribution in [2.75, 3.05) is 31.2 Å². The van der Waals surface area contributed by atoms with Gasteiger partial charge in [0.2, 0.25) is 0 Å². The quantitative estimate of drug-likeness (QED) is 0.431. The molecule has 0 bridgehead atoms. The van der Waals surface area contributed by atoms with E-state index in [0.29, 0.717) is 30.0 Å². The molecule has 4 heterocycles. The van der Waals surface area contributed by atoms with Gasteiger partial charge in [-0.05, 0) is 18.4 Å². The molecular formula is C22H20N4O3S2. The third kappa shape index (κ3) is 3.91. The number of fused-ring (bicyclic) bond motifs is 1. The number of thiazole rings is 1. The van der Waals surface area contributed by atoms with Crippen LogP contribution in [0, 0.1) is 6.92 Å². The average molecular weight is 453 g/mol. The zero-order valence-electron chi connectivity index (χ0n) is 16.9. The Labute approximate surface area is 186 Å². The van der Waals surface area contributed by atoms with Crippen molar-refractivity contribution in [3.8, 4) is 10.6 Å². The summed E-state index contributed by atoms with van der Waals surface area (Å²) in [5.74, 6) is -0.158. The Kier molecular flexibility index (Phi) is 5.39. The first kappa shape index (κ1) is 20.0. The summed E-state index contributed by atoms with van der Waals surface area (Å²) in [7, 11) is 0. The van der Waals surface area contributed by atoms with E-state index in [1.807, 2.05) is 36.6 Å². The van der Waals surface area contributed by atoms with E-state index in [0.717, 1.165) is 33.4 Å². The van der Waals surface area contributed by atoms with E-state index in [9.17, 15) is 9.59 Å². The fourth-order valence-corrected chi connectivity index (χ4v) is 5.37. The highest BCUT2D eigenvalue weighted by molar-refractivity contribution is 7.23. The van der Waals surface area contributed by atoms with Crippen LogP contribution < -0.4 is 10.5 Å². The molecule has 0 unspecified atom stereocenters. The first-order valence-corrected chi connectivity index (χ1v) is 11.7. The molecule has 1 aromatic carbocycles. The van der Waals surface area contributed by atoms with E-state index in [1.165, 1.54) is 16.0 Å². The minimum atomic E-state index is -0.341. The van der Waals surface area contributed by atoms with Gasteiger partial charge in [0.1, 0.15) is 12.2 Å². The number of hydrogen-bond donors (Lipinski definition) is 0. The van der Waals surface area contributed by atoms with Crippen molar-refractivity contribution in [1.29, 1.82) is 0 Å². The van der Waals surface area contributed by atoms with Crippen LogP contribution in [0.25, 0.3) is 20.8 Å². The summed E-state index contributed by atoms with van der Waals surface area (Å²) in [6.07, 6.45) is 0. The van der Waals surface area contributed by atoms with Crippen LogP contribution in [-0.2, 0) is 11.3 Å². The Balaban J connectivity index is 1.59. The molecule has 0 amide bonds. The fourth-order valence-electron chi connectivity index (χ4n) is 3.49. The lowest BCUT2D eigenvalue weighted by atomic mass is 10.1. The molecule has 0 N–H and O–H groups in total. The van der Waals surface area contributed by atoms with Gasteiger partial charge in [0.05, 0.1) is 22.8 Å². The van der Waals surface area contributed by atoms with Gasteiger partial charge in [0.15, 0.2) is 16.4 Å². The van der Waals surface area contributed by atoms with E-state index in [-0.39, 0.29) is 17.9 Å².